The zero-order valence-electron chi connectivity index (χ0n) is 3.07. The molecule has 0 spiro atoms. The van der Waals surface area contributed by atoms with Crippen LogP contribution in [0.2, 0.25) is 0 Å². The van der Waals surface area contributed by atoms with Crippen LogP contribution in [0.4, 0.5) is 4.79 Å². The van der Waals surface area contributed by atoms with Gasteiger partial charge in [0.1, 0.15) is 0 Å². The van der Waals surface area contributed by atoms with Gasteiger partial charge >= 0.3 is 6.03 Å². The number of carbonyl (C=O) groups is 1. The zero-order valence-corrected chi connectivity index (χ0v) is 6.79. The number of nitrogens with two attached hydrogens (primary N) is 1. The molecule has 0 unspecified atom stereocenters. The summed E-state index contributed by atoms with van der Waals surface area (Å²) in [7, 11) is 0. The first-order chi connectivity index (χ1) is 2.27. The number of carbonyl (C=O) groups excluding carboxylic acids is 1. The van der Waals surface area contributed by atoms with Gasteiger partial charge in [0.05, 0.1) is 0 Å². The van der Waals surface area contributed by atoms with Crippen LogP contribution in [0, 0.1) is 0 Å². The summed E-state index contributed by atoms with van der Waals surface area (Å²) in [5.74, 6) is 0. The quantitative estimate of drug-likeness (QED) is 0.374. The Kier molecular flexibility index (Phi) is 8.20. The Morgan fingerprint density at radius 1 is 1.83 bits per heavy atom. The summed E-state index contributed by atoms with van der Waals surface area (Å²) in [6.45, 7) is 0. The van der Waals surface area contributed by atoms with Gasteiger partial charge in [-0.05, 0) is 0 Å². The molecule has 0 rings (SSSR count). The smallest absolute Gasteiger partial charge is 0.326 e. The van der Waals surface area contributed by atoms with E-state index in [1.54, 1.807) is 4.84 Å². The van der Waals surface area contributed by atoms with E-state index in [1.807, 2.05) is 0 Å². The molecule has 0 aliphatic carbocycles. The van der Waals surface area contributed by atoms with Crippen molar-refractivity contribution in [2.24, 2.45) is 5.73 Å². The van der Waals surface area contributed by atoms with E-state index in [2.05, 4.69) is 17.5 Å². The molecule has 6 heavy (non-hydrogen) atoms. The van der Waals surface area contributed by atoms with Gasteiger partial charge in [-0.1, -0.05) is 0 Å². The van der Waals surface area contributed by atoms with Crippen LogP contribution in [-0.2, 0) is 19.5 Å². The van der Waals surface area contributed by atoms with Crippen LogP contribution in [0.3, 0.4) is 0 Å². The van der Waals surface area contributed by atoms with Crippen LogP contribution >= 0.6 is 11.8 Å². The molecule has 2 amide bonds. The van der Waals surface area contributed by atoms with Gasteiger partial charge in [0.15, 0.2) is 0 Å². The maximum Gasteiger partial charge on any atom is 0.326 e. The number of urea groups is 1. The molecule has 0 fully saturated rings. The van der Waals surface area contributed by atoms with Crippen molar-refractivity contribution in [3.05, 3.63) is 0 Å². The summed E-state index contributed by atoms with van der Waals surface area (Å²) in [5, 5.41) is 0. The van der Waals surface area contributed by atoms with Crippen molar-refractivity contribution in [2.45, 2.75) is 0 Å². The third-order valence-electron chi connectivity index (χ3n) is 0.0931. The summed E-state index contributed by atoms with van der Waals surface area (Å²) < 4.78 is 0. The van der Waals surface area contributed by atoms with Crippen molar-refractivity contribution < 1.29 is 24.3 Å². The van der Waals surface area contributed by atoms with Crippen molar-refractivity contribution in [2.75, 3.05) is 0 Å². The Hall–Kier alpha value is 0.183. The Morgan fingerprint density at radius 3 is 2.00 bits per heavy atom. The molecule has 0 aromatic rings. The minimum absolute atomic E-state index is 0. The fourth-order valence-corrected chi connectivity index (χ4v) is 0. The Balaban J connectivity index is 0. The van der Waals surface area contributed by atoms with E-state index < -0.39 is 6.03 Å². The van der Waals surface area contributed by atoms with Crippen molar-refractivity contribution in [3.8, 4) is 0 Å². The molecule has 0 atom stereocenters. The number of hydrogen-bond acceptors (Lipinski definition) is 1. The summed E-state index contributed by atoms with van der Waals surface area (Å²) in [5.41, 5.74) is 4.41. The minimum atomic E-state index is -0.730. The second-order valence-electron chi connectivity index (χ2n) is 0.459. The van der Waals surface area contributed by atoms with Crippen LogP contribution in [-0.4, -0.2) is 6.03 Å². The summed E-state index contributed by atoms with van der Waals surface area (Å²) in [6, 6.07) is -0.730. The topological polar surface area (TPSA) is 55.1 Å². The van der Waals surface area contributed by atoms with Gasteiger partial charge in [-0.15, -0.1) is 0 Å². The molecular formula is CH3ClN2OZn. The number of rotatable bonds is 0. The van der Waals surface area contributed by atoms with E-state index in [0.717, 1.165) is 0 Å². The maximum atomic E-state index is 9.35. The molecule has 0 saturated heterocycles. The molecule has 0 saturated carbocycles. The van der Waals surface area contributed by atoms with E-state index in [9.17, 15) is 4.79 Å². The van der Waals surface area contributed by atoms with E-state index >= 15 is 0 Å². The first kappa shape index (κ1) is 9.49. The van der Waals surface area contributed by atoms with E-state index in [1.165, 1.54) is 0 Å². The number of nitrogens with one attached hydrogen (secondary N) is 1. The van der Waals surface area contributed by atoms with Crippen LogP contribution < -0.4 is 10.6 Å². The van der Waals surface area contributed by atoms with Gasteiger partial charge in [-0.3, -0.25) is 4.84 Å². The largest absolute Gasteiger partial charge is 0.351 e. The Labute approximate surface area is 53.1 Å². The molecule has 0 aromatic heterocycles. The molecule has 0 radical (unpaired) electrons. The predicted octanol–water partition coefficient (Wildman–Crippen LogP) is -0.194. The molecule has 3 nitrogen and oxygen atoms in total. The SMILES string of the molecule is NC(=O)NCl.[Zn]. The van der Waals surface area contributed by atoms with Crippen molar-refractivity contribution in [1.82, 2.24) is 4.84 Å². The standard InChI is InChI=1S/CH3ClN2O.Zn/c2-4-1(3)5;/h(H3,3,4,5);. The molecule has 3 N–H and O–H groups in total. The molecule has 32 valence electrons. The molecule has 0 aromatic carbocycles. The van der Waals surface area contributed by atoms with E-state index in [-0.39, 0.29) is 19.5 Å². The average molecular weight is 160 g/mol. The van der Waals surface area contributed by atoms with E-state index in [4.69, 9.17) is 0 Å². The van der Waals surface area contributed by atoms with Crippen molar-refractivity contribution >= 4 is 17.8 Å². The molecule has 0 heterocycles. The van der Waals surface area contributed by atoms with Crippen molar-refractivity contribution in [3.63, 3.8) is 0 Å². The van der Waals surface area contributed by atoms with Gasteiger partial charge in [0.2, 0.25) is 0 Å². The number of amides is 2. The Bertz CT molecular complexity index is 48.8. The molecule has 0 aliphatic heterocycles. The average Bonchev–Trinajstić information content (AvgIpc) is 1.38. The van der Waals surface area contributed by atoms with E-state index in [0.29, 0.717) is 0 Å². The normalized spacial score (nSPS) is 5.50. The van der Waals surface area contributed by atoms with Crippen LogP contribution in [0.1, 0.15) is 0 Å². The summed E-state index contributed by atoms with van der Waals surface area (Å²) in [4.78, 5) is 11.0. The van der Waals surface area contributed by atoms with Crippen LogP contribution in [0.25, 0.3) is 0 Å². The number of primary amides is 1. The number of hydrogen-bond donors (Lipinski definition) is 2. The molecule has 0 aliphatic rings. The fraction of sp³-hybridized carbons (Fsp3) is 0. The van der Waals surface area contributed by atoms with Gasteiger partial charge in [0, 0.05) is 31.3 Å². The minimum Gasteiger partial charge on any atom is -0.351 e. The first-order valence-electron chi connectivity index (χ1n) is 0.932. The zero-order chi connectivity index (χ0) is 4.28. The predicted molar refractivity (Wildman–Crippen MR) is 18.6 cm³/mol. The van der Waals surface area contributed by atoms with Crippen LogP contribution in [0.15, 0.2) is 0 Å². The third-order valence-corrected chi connectivity index (χ3v) is 0.279. The van der Waals surface area contributed by atoms with Gasteiger partial charge in [-0.25, -0.2) is 4.79 Å². The molecule has 5 heteroatoms. The molecule has 0 bridgehead atoms. The van der Waals surface area contributed by atoms with Crippen LogP contribution in [0.5, 0.6) is 0 Å². The molecular weight excluding hydrogens is 157 g/mol. The fourth-order valence-electron chi connectivity index (χ4n) is 0. The van der Waals surface area contributed by atoms with Gasteiger partial charge in [0.25, 0.3) is 0 Å². The number of halogens is 1. The van der Waals surface area contributed by atoms with Crippen molar-refractivity contribution in [1.29, 1.82) is 0 Å². The monoisotopic (exact) mass is 158 g/mol. The van der Waals surface area contributed by atoms with Gasteiger partial charge < -0.3 is 5.73 Å². The summed E-state index contributed by atoms with van der Waals surface area (Å²) in [6.07, 6.45) is 0. The third kappa shape index (κ3) is 8.89. The second-order valence-corrected chi connectivity index (χ2v) is 0.648. The first-order valence-corrected chi connectivity index (χ1v) is 1.31. The maximum absolute atomic E-state index is 9.35. The second kappa shape index (κ2) is 5.18. The summed E-state index contributed by atoms with van der Waals surface area (Å²) >= 11 is 4.61. The van der Waals surface area contributed by atoms with Gasteiger partial charge in [-0.2, -0.15) is 0 Å². The Morgan fingerprint density at radius 2 is 2.00 bits per heavy atom.